The molecular formula is C12H12FIN2O2. The van der Waals surface area contributed by atoms with E-state index in [0.29, 0.717) is 22.2 Å². The molecule has 1 aliphatic rings. The van der Waals surface area contributed by atoms with Gasteiger partial charge in [-0.3, -0.25) is 9.59 Å². The van der Waals surface area contributed by atoms with Gasteiger partial charge >= 0.3 is 0 Å². The highest BCUT2D eigenvalue weighted by atomic mass is 127. The number of amides is 2. The predicted molar refractivity (Wildman–Crippen MR) is 72.7 cm³/mol. The van der Waals surface area contributed by atoms with Crippen molar-refractivity contribution in [1.29, 1.82) is 0 Å². The van der Waals surface area contributed by atoms with Gasteiger partial charge in [0, 0.05) is 23.7 Å². The second kappa shape index (κ2) is 5.21. The van der Waals surface area contributed by atoms with Gasteiger partial charge in [0.1, 0.15) is 12.4 Å². The molecule has 2 rings (SSSR count). The van der Waals surface area contributed by atoms with Gasteiger partial charge in [0.15, 0.2) is 0 Å². The molecule has 18 heavy (non-hydrogen) atoms. The van der Waals surface area contributed by atoms with Crippen molar-refractivity contribution in [2.75, 3.05) is 26.7 Å². The number of hydrogen-bond donors (Lipinski definition) is 0. The minimum absolute atomic E-state index is 0.0771. The average molecular weight is 362 g/mol. The van der Waals surface area contributed by atoms with E-state index in [-0.39, 0.29) is 24.2 Å². The van der Waals surface area contributed by atoms with E-state index in [0.717, 1.165) is 0 Å². The zero-order valence-corrected chi connectivity index (χ0v) is 12.0. The molecule has 0 bridgehead atoms. The Balaban J connectivity index is 2.19. The van der Waals surface area contributed by atoms with Gasteiger partial charge in [0.25, 0.3) is 5.91 Å². The molecule has 4 nitrogen and oxygen atoms in total. The van der Waals surface area contributed by atoms with Gasteiger partial charge < -0.3 is 9.80 Å². The molecule has 0 aliphatic carbocycles. The molecule has 1 saturated heterocycles. The van der Waals surface area contributed by atoms with E-state index < -0.39 is 0 Å². The van der Waals surface area contributed by atoms with Gasteiger partial charge in [-0.15, -0.1) is 0 Å². The topological polar surface area (TPSA) is 40.6 Å². The summed E-state index contributed by atoms with van der Waals surface area (Å²) < 4.78 is 13.5. The fourth-order valence-corrected chi connectivity index (χ4v) is 2.47. The van der Waals surface area contributed by atoms with Gasteiger partial charge in [0.05, 0.1) is 5.56 Å². The average Bonchev–Trinajstić information content (AvgIpc) is 2.32. The lowest BCUT2D eigenvalue weighted by atomic mass is 10.2. The zero-order valence-electron chi connectivity index (χ0n) is 9.82. The lowest BCUT2D eigenvalue weighted by Gasteiger charge is -2.32. The van der Waals surface area contributed by atoms with Crippen LogP contribution in [0.3, 0.4) is 0 Å². The Morgan fingerprint density at radius 2 is 2.11 bits per heavy atom. The molecule has 0 N–H and O–H groups in total. The molecule has 1 heterocycles. The fraction of sp³-hybridized carbons (Fsp3) is 0.333. The number of likely N-dealkylation sites (N-methyl/N-ethyl adjacent to an activating group) is 1. The normalized spacial score (nSPS) is 16.1. The molecule has 0 saturated carbocycles. The predicted octanol–water partition coefficient (Wildman–Crippen LogP) is 1.34. The van der Waals surface area contributed by atoms with Gasteiger partial charge in [-0.05, 0) is 40.8 Å². The number of nitrogens with zero attached hydrogens (tertiary/aromatic N) is 2. The Morgan fingerprint density at radius 3 is 2.72 bits per heavy atom. The number of piperazine rings is 1. The second-order valence-electron chi connectivity index (χ2n) is 4.17. The van der Waals surface area contributed by atoms with Crippen LogP contribution in [-0.4, -0.2) is 48.3 Å². The minimum atomic E-state index is -0.370. The third kappa shape index (κ3) is 2.63. The maximum Gasteiger partial charge on any atom is 0.255 e. The summed E-state index contributed by atoms with van der Waals surface area (Å²) in [7, 11) is 1.71. The molecule has 2 amide bonds. The first kappa shape index (κ1) is 13.3. The molecular weight excluding hydrogens is 350 g/mol. The summed E-state index contributed by atoms with van der Waals surface area (Å²) in [5.74, 6) is -0.669. The number of carbonyl (C=O) groups is 2. The molecule has 0 atom stereocenters. The molecule has 0 unspecified atom stereocenters. The molecule has 0 spiro atoms. The zero-order chi connectivity index (χ0) is 13.3. The summed E-state index contributed by atoms with van der Waals surface area (Å²) in [6.45, 7) is 1.12. The molecule has 1 aliphatic heterocycles. The molecule has 1 aromatic rings. The van der Waals surface area contributed by atoms with Crippen molar-refractivity contribution in [2.24, 2.45) is 0 Å². The largest absolute Gasteiger partial charge is 0.342 e. The van der Waals surface area contributed by atoms with Crippen LogP contribution in [-0.2, 0) is 4.79 Å². The highest BCUT2D eigenvalue weighted by Crippen LogP contribution is 2.17. The van der Waals surface area contributed by atoms with Crippen molar-refractivity contribution >= 4 is 34.4 Å². The van der Waals surface area contributed by atoms with Crippen LogP contribution >= 0.6 is 22.6 Å². The van der Waals surface area contributed by atoms with Crippen LogP contribution in [0.4, 0.5) is 4.39 Å². The lowest BCUT2D eigenvalue weighted by molar-refractivity contribution is -0.133. The lowest BCUT2D eigenvalue weighted by Crippen LogP contribution is -2.50. The van der Waals surface area contributed by atoms with E-state index in [1.807, 2.05) is 22.6 Å². The van der Waals surface area contributed by atoms with E-state index in [2.05, 4.69) is 0 Å². The maximum absolute atomic E-state index is 13.0. The van der Waals surface area contributed by atoms with Crippen molar-refractivity contribution < 1.29 is 14.0 Å². The molecule has 1 aromatic carbocycles. The summed E-state index contributed by atoms with van der Waals surface area (Å²) >= 11 is 1.92. The van der Waals surface area contributed by atoms with Crippen molar-refractivity contribution in [3.63, 3.8) is 0 Å². The Bertz CT molecular complexity index is 507. The smallest absolute Gasteiger partial charge is 0.255 e. The third-order valence-corrected chi connectivity index (χ3v) is 3.80. The van der Waals surface area contributed by atoms with E-state index in [9.17, 15) is 14.0 Å². The molecule has 0 radical (unpaired) electrons. The van der Waals surface area contributed by atoms with Crippen LogP contribution < -0.4 is 0 Å². The van der Waals surface area contributed by atoms with E-state index in [4.69, 9.17) is 0 Å². The SMILES string of the molecule is CN1CCN(C(=O)c2ccc(F)cc2I)CC1=O. The summed E-state index contributed by atoms with van der Waals surface area (Å²) in [6, 6.07) is 4.03. The summed E-state index contributed by atoms with van der Waals surface area (Å²) in [6.07, 6.45) is 0. The van der Waals surface area contributed by atoms with Gasteiger partial charge in [-0.1, -0.05) is 0 Å². The standard InChI is InChI=1S/C12H12FIN2O2/c1-15-4-5-16(7-11(15)17)12(18)9-3-2-8(13)6-10(9)14/h2-3,6H,4-5,7H2,1H3. The molecule has 6 heteroatoms. The number of hydrogen-bond acceptors (Lipinski definition) is 2. The van der Waals surface area contributed by atoms with Crippen molar-refractivity contribution in [1.82, 2.24) is 9.80 Å². The van der Waals surface area contributed by atoms with Crippen LogP contribution in [0.25, 0.3) is 0 Å². The van der Waals surface area contributed by atoms with E-state index in [1.54, 1.807) is 11.9 Å². The van der Waals surface area contributed by atoms with Crippen LogP contribution in [0, 0.1) is 9.39 Å². The highest BCUT2D eigenvalue weighted by molar-refractivity contribution is 14.1. The van der Waals surface area contributed by atoms with Gasteiger partial charge in [-0.2, -0.15) is 0 Å². The summed E-state index contributed by atoms with van der Waals surface area (Å²) in [4.78, 5) is 26.9. The van der Waals surface area contributed by atoms with E-state index >= 15 is 0 Å². The minimum Gasteiger partial charge on any atom is -0.342 e. The second-order valence-corrected chi connectivity index (χ2v) is 5.33. The number of rotatable bonds is 1. The molecule has 1 fully saturated rings. The first-order chi connectivity index (χ1) is 8.49. The monoisotopic (exact) mass is 362 g/mol. The van der Waals surface area contributed by atoms with Gasteiger partial charge in [0.2, 0.25) is 5.91 Å². The van der Waals surface area contributed by atoms with E-state index in [1.165, 1.54) is 23.1 Å². The first-order valence-corrected chi connectivity index (χ1v) is 6.55. The summed E-state index contributed by atoms with van der Waals surface area (Å²) in [5, 5.41) is 0. The Labute approximate surface area is 118 Å². The first-order valence-electron chi connectivity index (χ1n) is 5.47. The maximum atomic E-state index is 13.0. The van der Waals surface area contributed by atoms with Crippen molar-refractivity contribution in [3.05, 3.63) is 33.1 Å². The molecule has 0 aromatic heterocycles. The summed E-state index contributed by atoms with van der Waals surface area (Å²) in [5.41, 5.74) is 0.439. The Morgan fingerprint density at radius 1 is 1.39 bits per heavy atom. The quantitative estimate of drug-likeness (QED) is 0.708. The molecule has 96 valence electrons. The third-order valence-electron chi connectivity index (χ3n) is 2.91. The van der Waals surface area contributed by atoms with Crippen LogP contribution in [0.2, 0.25) is 0 Å². The fourth-order valence-electron chi connectivity index (χ4n) is 1.77. The van der Waals surface area contributed by atoms with Crippen molar-refractivity contribution in [3.8, 4) is 0 Å². The Hall–Kier alpha value is -1.18. The van der Waals surface area contributed by atoms with Gasteiger partial charge in [-0.25, -0.2) is 4.39 Å². The highest BCUT2D eigenvalue weighted by Gasteiger charge is 2.26. The van der Waals surface area contributed by atoms with Crippen LogP contribution in [0.5, 0.6) is 0 Å². The van der Waals surface area contributed by atoms with Crippen LogP contribution in [0.1, 0.15) is 10.4 Å². The number of halogens is 2. The van der Waals surface area contributed by atoms with Crippen LogP contribution in [0.15, 0.2) is 18.2 Å². The number of carbonyl (C=O) groups excluding carboxylic acids is 2. The van der Waals surface area contributed by atoms with Crippen molar-refractivity contribution in [2.45, 2.75) is 0 Å². The number of benzene rings is 1. The Kier molecular flexibility index (Phi) is 3.84.